The molecule has 16 heavy (non-hydrogen) atoms. The van der Waals surface area contributed by atoms with Gasteiger partial charge in [-0.1, -0.05) is 0 Å². The van der Waals surface area contributed by atoms with Crippen LogP contribution in [0.25, 0.3) is 0 Å². The summed E-state index contributed by atoms with van der Waals surface area (Å²) in [6, 6.07) is 6.80. The normalized spacial score (nSPS) is 10.0. The van der Waals surface area contributed by atoms with Crippen molar-refractivity contribution in [3.8, 4) is 5.75 Å². The van der Waals surface area contributed by atoms with Crippen LogP contribution in [0.1, 0.15) is 5.82 Å². The van der Waals surface area contributed by atoms with E-state index in [1.54, 1.807) is 36.7 Å². The van der Waals surface area contributed by atoms with Crippen molar-refractivity contribution in [3.05, 3.63) is 42.5 Å². The van der Waals surface area contributed by atoms with Gasteiger partial charge in [0.2, 0.25) is 0 Å². The van der Waals surface area contributed by atoms with E-state index >= 15 is 0 Å². The molecule has 2 aromatic rings. The minimum atomic E-state index is 0.245. The van der Waals surface area contributed by atoms with Crippen LogP contribution in [-0.2, 0) is 6.54 Å². The monoisotopic (exact) mass is 216 g/mol. The fourth-order valence-corrected chi connectivity index (χ4v) is 1.22. The number of nitrogen functional groups attached to an aromatic ring is 1. The van der Waals surface area contributed by atoms with E-state index in [0.717, 1.165) is 5.69 Å². The summed E-state index contributed by atoms with van der Waals surface area (Å²) < 4.78 is 0. The summed E-state index contributed by atoms with van der Waals surface area (Å²) in [6.45, 7) is 0.519. The Bertz CT molecular complexity index is 407. The first-order valence-corrected chi connectivity index (χ1v) is 4.83. The van der Waals surface area contributed by atoms with Gasteiger partial charge in [-0.05, 0) is 24.3 Å². The molecule has 0 amide bonds. The number of nitrogens with one attached hydrogen (secondary N) is 1. The third kappa shape index (κ3) is 2.60. The fourth-order valence-electron chi connectivity index (χ4n) is 1.22. The summed E-state index contributed by atoms with van der Waals surface area (Å²) in [5.74, 6) is 0.913. The zero-order valence-electron chi connectivity index (χ0n) is 8.59. The highest BCUT2D eigenvalue weighted by atomic mass is 16.3. The molecule has 0 atom stereocenters. The number of hydrogen-bond acceptors (Lipinski definition) is 5. The summed E-state index contributed by atoms with van der Waals surface area (Å²) in [4.78, 5) is 8.13. The molecule has 0 saturated heterocycles. The Balaban J connectivity index is 1.97. The van der Waals surface area contributed by atoms with E-state index in [1.807, 2.05) is 0 Å². The molecule has 0 saturated carbocycles. The van der Waals surface area contributed by atoms with E-state index in [1.165, 1.54) is 0 Å². The van der Waals surface area contributed by atoms with E-state index < -0.39 is 0 Å². The van der Waals surface area contributed by atoms with Crippen LogP contribution in [0.5, 0.6) is 5.75 Å². The molecule has 0 bridgehead atoms. The van der Waals surface area contributed by atoms with E-state index in [4.69, 9.17) is 10.8 Å². The Kier molecular flexibility index (Phi) is 2.86. The number of phenols is 1. The van der Waals surface area contributed by atoms with Crippen LogP contribution in [0.3, 0.4) is 0 Å². The van der Waals surface area contributed by atoms with Crippen molar-refractivity contribution in [2.75, 3.05) is 11.1 Å². The lowest BCUT2D eigenvalue weighted by atomic mass is 10.3. The lowest BCUT2D eigenvalue weighted by molar-refractivity contribution is 0.475. The highest BCUT2D eigenvalue weighted by Crippen LogP contribution is 2.14. The molecule has 0 aliphatic heterocycles. The number of nitrogens with zero attached hydrogens (tertiary/aromatic N) is 2. The molecule has 1 heterocycles. The summed E-state index contributed by atoms with van der Waals surface area (Å²) >= 11 is 0. The number of aromatic nitrogens is 2. The second-order valence-electron chi connectivity index (χ2n) is 3.33. The van der Waals surface area contributed by atoms with Crippen molar-refractivity contribution in [1.29, 1.82) is 0 Å². The number of rotatable bonds is 3. The molecule has 1 aromatic heterocycles. The van der Waals surface area contributed by atoms with Crippen LogP contribution in [0, 0.1) is 0 Å². The highest BCUT2D eigenvalue weighted by molar-refractivity contribution is 5.46. The van der Waals surface area contributed by atoms with Gasteiger partial charge in [0, 0.05) is 5.69 Å². The van der Waals surface area contributed by atoms with Crippen molar-refractivity contribution < 1.29 is 5.11 Å². The maximum atomic E-state index is 9.11. The average molecular weight is 216 g/mol. The number of hydrogen-bond donors (Lipinski definition) is 3. The third-order valence-corrected chi connectivity index (χ3v) is 2.04. The molecular formula is C11H12N4O. The topological polar surface area (TPSA) is 84.1 Å². The third-order valence-electron chi connectivity index (χ3n) is 2.04. The quantitative estimate of drug-likeness (QED) is 0.675. The van der Waals surface area contributed by atoms with Gasteiger partial charge in [0.15, 0.2) is 0 Å². The first-order valence-electron chi connectivity index (χ1n) is 4.83. The lowest BCUT2D eigenvalue weighted by Crippen LogP contribution is -2.04. The van der Waals surface area contributed by atoms with E-state index in [-0.39, 0.29) is 5.75 Å². The number of benzene rings is 1. The highest BCUT2D eigenvalue weighted by Gasteiger charge is 1.96. The second-order valence-corrected chi connectivity index (χ2v) is 3.33. The molecule has 0 fully saturated rings. The van der Waals surface area contributed by atoms with Gasteiger partial charge in [0.05, 0.1) is 24.6 Å². The molecule has 0 aliphatic carbocycles. The molecule has 82 valence electrons. The predicted molar refractivity (Wildman–Crippen MR) is 61.9 cm³/mol. The van der Waals surface area contributed by atoms with Gasteiger partial charge >= 0.3 is 0 Å². The van der Waals surface area contributed by atoms with Gasteiger partial charge in [0.1, 0.15) is 11.6 Å². The smallest absolute Gasteiger partial charge is 0.147 e. The molecular weight excluding hydrogens is 204 g/mol. The molecule has 5 heteroatoms. The Morgan fingerprint density at radius 3 is 2.38 bits per heavy atom. The first-order chi connectivity index (χ1) is 7.74. The van der Waals surface area contributed by atoms with Crippen LogP contribution in [0.4, 0.5) is 11.4 Å². The van der Waals surface area contributed by atoms with Gasteiger partial charge in [-0.2, -0.15) is 0 Å². The molecule has 0 aliphatic rings. The molecule has 4 N–H and O–H groups in total. The van der Waals surface area contributed by atoms with Crippen molar-refractivity contribution >= 4 is 11.4 Å². The minimum absolute atomic E-state index is 0.245. The van der Waals surface area contributed by atoms with Gasteiger partial charge in [0.25, 0.3) is 0 Å². The van der Waals surface area contributed by atoms with Crippen molar-refractivity contribution in [2.45, 2.75) is 6.54 Å². The maximum absolute atomic E-state index is 9.11. The summed E-state index contributed by atoms with van der Waals surface area (Å²) in [5.41, 5.74) is 6.93. The molecule has 0 radical (unpaired) electrons. The van der Waals surface area contributed by atoms with Gasteiger partial charge in [-0.15, -0.1) is 0 Å². The SMILES string of the molecule is Nc1cnc(CNc2ccc(O)cc2)nc1. The minimum Gasteiger partial charge on any atom is -0.508 e. The summed E-state index contributed by atoms with van der Waals surface area (Å²) in [5, 5.41) is 12.2. The van der Waals surface area contributed by atoms with E-state index in [9.17, 15) is 0 Å². The average Bonchev–Trinajstić information content (AvgIpc) is 2.30. The zero-order valence-corrected chi connectivity index (χ0v) is 8.59. The van der Waals surface area contributed by atoms with Crippen LogP contribution in [0.15, 0.2) is 36.7 Å². The lowest BCUT2D eigenvalue weighted by Gasteiger charge is -2.05. The van der Waals surface area contributed by atoms with E-state index in [0.29, 0.717) is 18.1 Å². The summed E-state index contributed by atoms with van der Waals surface area (Å²) in [6.07, 6.45) is 3.14. The number of aromatic hydroxyl groups is 1. The molecule has 2 rings (SSSR count). The number of anilines is 2. The Hall–Kier alpha value is -2.30. The molecule has 0 unspecified atom stereocenters. The van der Waals surface area contributed by atoms with Gasteiger partial charge in [-0.25, -0.2) is 9.97 Å². The zero-order chi connectivity index (χ0) is 11.4. The first kappa shape index (κ1) is 10.2. The molecule has 0 spiro atoms. The Morgan fingerprint density at radius 2 is 1.75 bits per heavy atom. The van der Waals surface area contributed by atoms with Crippen LogP contribution in [-0.4, -0.2) is 15.1 Å². The van der Waals surface area contributed by atoms with Gasteiger partial charge < -0.3 is 16.2 Å². The predicted octanol–water partition coefficient (Wildman–Crippen LogP) is 1.38. The van der Waals surface area contributed by atoms with E-state index in [2.05, 4.69) is 15.3 Å². The largest absolute Gasteiger partial charge is 0.508 e. The van der Waals surface area contributed by atoms with Crippen LogP contribution >= 0.6 is 0 Å². The Labute approximate surface area is 93.0 Å². The van der Waals surface area contributed by atoms with Crippen LogP contribution < -0.4 is 11.1 Å². The fraction of sp³-hybridized carbons (Fsp3) is 0.0909. The Morgan fingerprint density at radius 1 is 1.12 bits per heavy atom. The summed E-state index contributed by atoms with van der Waals surface area (Å²) in [7, 11) is 0. The standard InChI is InChI=1S/C11H12N4O/c12-8-5-14-11(15-6-8)7-13-9-1-3-10(16)4-2-9/h1-6,13,16H,7,12H2. The molecule has 5 nitrogen and oxygen atoms in total. The van der Waals surface area contributed by atoms with Crippen molar-refractivity contribution in [3.63, 3.8) is 0 Å². The van der Waals surface area contributed by atoms with Gasteiger partial charge in [-0.3, -0.25) is 0 Å². The number of phenolic OH excluding ortho intramolecular Hbond substituents is 1. The maximum Gasteiger partial charge on any atom is 0.147 e. The van der Waals surface area contributed by atoms with Crippen LogP contribution in [0.2, 0.25) is 0 Å². The van der Waals surface area contributed by atoms with Crippen molar-refractivity contribution in [2.24, 2.45) is 0 Å². The van der Waals surface area contributed by atoms with Crippen molar-refractivity contribution in [1.82, 2.24) is 9.97 Å². The molecule has 1 aromatic carbocycles. The second kappa shape index (κ2) is 4.48. The number of nitrogens with two attached hydrogens (primary N) is 1.